The van der Waals surface area contributed by atoms with Crippen molar-refractivity contribution in [2.45, 2.75) is 25.1 Å². The van der Waals surface area contributed by atoms with Crippen molar-refractivity contribution in [1.82, 2.24) is 0 Å². The number of alkyl halides is 3. The molecule has 1 aromatic carbocycles. The maximum atomic E-state index is 12.5. The first-order chi connectivity index (χ1) is 9.75. The van der Waals surface area contributed by atoms with E-state index in [1.807, 2.05) is 4.90 Å². The highest BCUT2D eigenvalue weighted by atomic mass is 19.4. The lowest BCUT2D eigenvalue weighted by Crippen LogP contribution is -2.47. The minimum absolute atomic E-state index is 0.0187. The molecule has 0 bridgehead atoms. The Kier molecular flexibility index (Phi) is 4.41. The summed E-state index contributed by atoms with van der Waals surface area (Å²) in [6.07, 6.45) is -3.73. The van der Waals surface area contributed by atoms with Gasteiger partial charge in [0, 0.05) is 31.2 Å². The molecule has 1 aromatic rings. The Morgan fingerprint density at radius 1 is 1.29 bits per heavy atom. The van der Waals surface area contributed by atoms with Crippen molar-refractivity contribution in [3.63, 3.8) is 0 Å². The molecule has 0 saturated carbocycles. The molecule has 1 aliphatic rings. The van der Waals surface area contributed by atoms with Crippen LogP contribution in [0, 0.1) is 5.92 Å². The van der Waals surface area contributed by atoms with Crippen molar-refractivity contribution < 1.29 is 23.1 Å². The molecule has 0 aliphatic carbocycles. The number of aliphatic carboxylic acids is 1. The molecule has 0 radical (unpaired) electrons. The quantitative estimate of drug-likeness (QED) is 0.899. The molecule has 0 amide bonds. The van der Waals surface area contributed by atoms with Crippen molar-refractivity contribution in [2.24, 2.45) is 11.7 Å². The van der Waals surface area contributed by atoms with Gasteiger partial charge in [-0.15, -0.1) is 0 Å². The fraction of sp³-hybridized carbons (Fsp3) is 0.500. The molecule has 1 aliphatic heterocycles. The highest BCUT2D eigenvalue weighted by molar-refractivity contribution is 5.67. The van der Waals surface area contributed by atoms with E-state index in [2.05, 4.69) is 0 Å². The zero-order chi connectivity index (χ0) is 15.6. The van der Waals surface area contributed by atoms with Crippen molar-refractivity contribution in [3.8, 4) is 0 Å². The highest BCUT2D eigenvalue weighted by Gasteiger charge is 2.31. The molecule has 2 rings (SSSR count). The molecule has 1 heterocycles. The van der Waals surface area contributed by atoms with Gasteiger partial charge in [-0.25, -0.2) is 0 Å². The lowest BCUT2D eigenvalue weighted by Gasteiger charge is -2.37. The summed E-state index contributed by atoms with van der Waals surface area (Å²) < 4.78 is 37.6. The molecule has 4 nitrogen and oxygen atoms in total. The summed E-state index contributed by atoms with van der Waals surface area (Å²) in [5.74, 6) is -0.977. The minimum atomic E-state index is -4.36. The first kappa shape index (κ1) is 15.6. The van der Waals surface area contributed by atoms with E-state index in [9.17, 15) is 18.0 Å². The SMILES string of the molecule is NC1CC(CC(=O)O)CN(c2ccc(C(F)(F)F)cc2)C1. The molecule has 1 saturated heterocycles. The van der Waals surface area contributed by atoms with Crippen LogP contribution in [-0.2, 0) is 11.0 Å². The number of piperidine rings is 1. The molecule has 0 aromatic heterocycles. The number of anilines is 1. The monoisotopic (exact) mass is 302 g/mol. The lowest BCUT2D eigenvalue weighted by atomic mass is 9.91. The van der Waals surface area contributed by atoms with Crippen LogP contribution in [0.2, 0.25) is 0 Å². The summed E-state index contributed by atoms with van der Waals surface area (Å²) in [5, 5.41) is 8.85. The number of hydrogen-bond acceptors (Lipinski definition) is 3. The van der Waals surface area contributed by atoms with E-state index in [4.69, 9.17) is 10.8 Å². The number of hydrogen-bond donors (Lipinski definition) is 2. The van der Waals surface area contributed by atoms with Gasteiger partial charge < -0.3 is 15.7 Å². The normalized spacial score (nSPS) is 23.1. The number of carboxylic acid groups (broad SMARTS) is 1. The maximum Gasteiger partial charge on any atom is 0.416 e. The van der Waals surface area contributed by atoms with E-state index < -0.39 is 17.7 Å². The van der Waals surface area contributed by atoms with Gasteiger partial charge in [0.15, 0.2) is 0 Å². The van der Waals surface area contributed by atoms with Crippen LogP contribution in [0.3, 0.4) is 0 Å². The van der Waals surface area contributed by atoms with Crippen LogP contribution < -0.4 is 10.6 Å². The third-order valence-corrected chi connectivity index (χ3v) is 3.59. The van der Waals surface area contributed by atoms with Crippen molar-refractivity contribution in [3.05, 3.63) is 29.8 Å². The van der Waals surface area contributed by atoms with Crippen molar-refractivity contribution >= 4 is 11.7 Å². The van der Waals surface area contributed by atoms with Crippen LogP contribution in [0.15, 0.2) is 24.3 Å². The standard InChI is InChI=1S/C14H17F3N2O2/c15-14(16,17)10-1-3-12(4-2-10)19-7-9(6-13(20)21)5-11(18)8-19/h1-4,9,11H,5-8,18H2,(H,20,21). The van der Waals surface area contributed by atoms with Gasteiger partial charge >= 0.3 is 12.1 Å². The van der Waals surface area contributed by atoms with E-state index in [1.165, 1.54) is 12.1 Å². The van der Waals surface area contributed by atoms with Crippen LogP contribution in [-0.4, -0.2) is 30.2 Å². The molecular weight excluding hydrogens is 285 g/mol. The van der Waals surface area contributed by atoms with E-state index >= 15 is 0 Å². The third kappa shape index (κ3) is 4.10. The van der Waals surface area contributed by atoms with Crippen molar-refractivity contribution in [2.75, 3.05) is 18.0 Å². The second kappa shape index (κ2) is 5.93. The van der Waals surface area contributed by atoms with Gasteiger partial charge in [-0.1, -0.05) is 0 Å². The van der Waals surface area contributed by atoms with E-state index in [0.717, 1.165) is 12.1 Å². The number of halogens is 3. The Bertz CT molecular complexity index is 502. The zero-order valence-corrected chi connectivity index (χ0v) is 11.3. The number of carboxylic acids is 1. The molecule has 116 valence electrons. The highest BCUT2D eigenvalue weighted by Crippen LogP contribution is 2.31. The predicted octanol–water partition coefficient (Wildman–Crippen LogP) is 2.33. The summed E-state index contributed by atoms with van der Waals surface area (Å²) in [7, 11) is 0. The second-order valence-corrected chi connectivity index (χ2v) is 5.41. The fourth-order valence-electron chi connectivity index (χ4n) is 2.71. The average Bonchev–Trinajstić information content (AvgIpc) is 2.36. The number of nitrogens with two attached hydrogens (primary N) is 1. The molecule has 1 fully saturated rings. The number of carbonyl (C=O) groups is 1. The summed E-state index contributed by atoms with van der Waals surface area (Å²) in [6.45, 7) is 1.01. The lowest BCUT2D eigenvalue weighted by molar-refractivity contribution is -0.138. The van der Waals surface area contributed by atoms with Gasteiger partial charge in [-0.2, -0.15) is 13.2 Å². The Labute approximate surface area is 120 Å². The molecule has 2 atom stereocenters. The number of benzene rings is 1. The summed E-state index contributed by atoms with van der Waals surface area (Å²) >= 11 is 0. The van der Waals surface area contributed by atoms with Gasteiger partial charge in [0.1, 0.15) is 0 Å². The van der Waals surface area contributed by atoms with E-state index in [-0.39, 0.29) is 18.4 Å². The minimum Gasteiger partial charge on any atom is -0.481 e. The van der Waals surface area contributed by atoms with E-state index in [0.29, 0.717) is 25.2 Å². The third-order valence-electron chi connectivity index (χ3n) is 3.59. The summed E-state index contributed by atoms with van der Waals surface area (Å²) in [4.78, 5) is 12.6. The fourth-order valence-corrected chi connectivity index (χ4v) is 2.71. The largest absolute Gasteiger partial charge is 0.481 e. The average molecular weight is 302 g/mol. The predicted molar refractivity (Wildman–Crippen MR) is 72.0 cm³/mol. The first-order valence-electron chi connectivity index (χ1n) is 6.65. The van der Waals surface area contributed by atoms with Crippen LogP contribution in [0.4, 0.5) is 18.9 Å². The number of rotatable bonds is 3. The second-order valence-electron chi connectivity index (χ2n) is 5.41. The van der Waals surface area contributed by atoms with Gasteiger partial charge in [-0.05, 0) is 36.6 Å². The van der Waals surface area contributed by atoms with E-state index in [1.54, 1.807) is 0 Å². The van der Waals surface area contributed by atoms with Crippen LogP contribution in [0.5, 0.6) is 0 Å². The molecule has 0 spiro atoms. The molecule has 7 heteroatoms. The smallest absolute Gasteiger partial charge is 0.416 e. The van der Waals surface area contributed by atoms with Crippen molar-refractivity contribution in [1.29, 1.82) is 0 Å². The number of nitrogens with zero attached hydrogens (tertiary/aromatic N) is 1. The first-order valence-corrected chi connectivity index (χ1v) is 6.65. The van der Waals surface area contributed by atoms with Gasteiger partial charge in [0.2, 0.25) is 0 Å². The Balaban J connectivity index is 2.11. The molecular formula is C14H17F3N2O2. The summed E-state index contributed by atoms with van der Waals surface area (Å²) in [5.41, 5.74) is 5.85. The molecule has 3 N–H and O–H groups in total. The molecule has 21 heavy (non-hydrogen) atoms. The van der Waals surface area contributed by atoms with Gasteiger partial charge in [-0.3, -0.25) is 4.79 Å². The van der Waals surface area contributed by atoms with Crippen LogP contribution in [0.1, 0.15) is 18.4 Å². The maximum absolute atomic E-state index is 12.5. The zero-order valence-electron chi connectivity index (χ0n) is 11.3. The summed E-state index contributed by atoms with van der Waals surface area (Å²) in [6, 6.07) is 4.69. The Morgan fingerprint density at radius 3 is 2.43 bits per heavy atom. The Morgan fingerprint density at radius 2 is 1.90 bits per heavy atom. The topological polar surface area (TPSA) is 66.6 Å². The van der Waals surface area contributed by atoms with Crippen LogP contribution in [0.25, 0.3) is 0 Å². The van der Waals surface area contributed by atoms with Gasteiger partial charge in [0.05, 0.1) is 5.56 Å². The Hall–Kier alpha value is -1.76. The molecule has 2 unspecified atom stereocenters. The van der Waals surface area contributed by atoms with Gasteiger partial charge in [0.25, 0.3) is 0 Å². The van der Waals surface area contributed by atoms with Crippen LogP contribution >= 0.6 is 0 Å².